The fourth-order valence-electron chi connectivity index (χ4n) is 3.48. The van der Waals surface area contributed by atoms with Crippen LogP contribution in [0.15, 0.2) is 93.5 Å². The number of hydrogen-bond donors (Lipinski definition) is 1. The number of hydrogen-bond acceptors (Lipinski definition) is 5. The van der Waals surface area contributed by atoms with E-state index in [1.165, 1.54) is 16.8 Å². The molecule has 0 aliphatic carbocycles. The summed E-state index contributed by atoms with van der Waals surface area (Å²) < 4.78 is 1.39. The lowest BCUT2D eigenvalue weighted by Crippen LogP contribution is -2.20. The molecular weight excluding hydrogens is 472 g/mol. The normalized spacial score (nSPS) is 11.5. The molecule has 4 rings (SSSR count). The van der Waals surface area contributed by atoms with Gasteiger partial charge in [0, 0.05) is 45.6 Å². The quantitative estimate of drug-likeness (QED) is 0.107. The maximum absolute atomic E-state index is 13.4. The van der Waals surface area contributed by atoms with Crippen molar-refractivity contribution in [3.63, 3.8) is 0 Å². The molecule has 3 aromatic carbocycles. The number of nitro groups is 1. The molecule has 1 aromatic heterocycles. The standard InChI is InChI=1S/C25H21ClN4O3S/c1-17(27-15-16-34-22-13-7-19(26)8-14-22)23-24(18-5-3-2-4-6-18)28-29(25(23)31)20-9-11-21(12-10-20)30(32)33/h2-14,28H,15-16H2,1H3. The third-order valence-electron chi connectivity index (χ3n) is 5.16. The molecule has 0 aliphatic heterocycles. The van der Waals surface area contributed by atoms with Crippen LogP contribution in [0, 0.1) is 10.1 Å². The van der Waals surface area contributed by atoms with Gasteiger partial charge in [-0.3, -0.25) is 25.0 Å². The van der Waals surface area contributed by atoms with E-state index in [1.54, 1.807) is 23.9 Å². The number of aromatic nitrogens is 2. The maximum atomic E-state index is 13.4. The number of non-ortho nitro benzene ring substituents is 1. The summed E-state index contributed by atoms with van der Waals surface area (Å²) >= 11 is 7.60. The SMILES string of the molecule is CC(=NCCSc1ccc(Cl)cc1)c1c(-c2ccccc2)[nH]n(-c2ccc([N+](=O)[O-])cc2)c1=O. The Balaban J connectivity index is 1.64. The Hall–Kier alpha value is -3.62. The molecule has 1 heterocycles. The lowest BCUT2D eigenvalue weighted by molar-refractivity contribution is -0.384. The van der Waals surface area contributed by atoms with Crippen molar-refractivity contribution in [2.75, 3.05) is 12.3 Å². The van der Waals surface area contributed by atoms with Crippen LogP contribution in [0.1, 0.15) is 12.5 Å². The maximum Gasteiger partial charge on any atom is 0.280 e. The van der Waals surface area contributed by atoms with E-state index in [2.05, 4.69) is 10.1 Å². The first-order valence-electron chi connectivity index (χ1n) is 10.5. The summed E-state index contributed by atoms with van der Waals surface area (Å²) in [5, 5.41) is 14.9. The Morgan fingerprint density at radius 1 is 1.06 bits per heavy atom. The van der Waals surface area contributed by atoms with E-state index in [0.29, 0.717) is 34.2 Å². The molecule has 0 unspecified atom stereocenters. The first-order valence-corrected chi connectivity index (χ1v) is 11.9. The van der Waals surface area contributed by atoms with Crippen molar-refractivity contribution < 1.29 is 4.92 Å². The second kappa shape index (κ2) is 10.5. The van der Waals surface area contributed by atoms with E-state index in [4.69, 9.17) is 11.6 Å². The van der Waals surface area contributed by atoms with Gasteiger partial charge in [0.1, 0.15) is 0 Å². The Morgan fingerprint density at radius 2 is 1.74 bits per heavy atom. The molecule has 0 aliphatic rings. The molecular formula is C25H21ClN4O3S. The highest BCUT2D eigenvalue weighted by molar-refractivity contribution is 7.99. The number of aliphatic imine (C=N–C) groups is 1. The van der Waals surface area contributed by atoms with Crippen molar-refractivity contribution in [3.05, 3.63) is 110 Å². The molecule has 0 bridgehead atoms. The molecule has 9 heteroatoms. The van der Waals surface area contributed by atoms with E-state index < -0.39 is 4.92 Å². The smallest absolute Gasteiger partial charge is 0.280 e. The Morgan fingerprint density at radius 3 is 2.38 bits per heavy atom. The highest BCUT2D eigenvalue weighted by atomic mass is 35.5. The first kappa shape index (κ1) is 23.5. The van der Waals surface area contributed by atoms with E-state index in [0.717, 1.165) is 16.2 Å². The van der Waals surface area contributed by atoms with Crippen molar-refractivity contribution in [2.24, 2.45) is 4.99 Å². The van der Waals surface area contributed by atoms with Gasteiger partial charge >= 0.3 is 0 Å². The summed E-state index contributed by atoms with van der Waals surface area (Å²) in [5.74, 6) is 0.751. The Labute approximate surface area is 205 Å². The minimum atomic E-state index is -0.471. The summed E-state index contributed by atoms with van der Waals surface area (Å²) in [6.07, 6.45) is 0. The van der Waals surface area contributed by atoms with Gasteiger partial charge in [-0.1, -0.05) is 41.9 Å². The molecule has 0 spiro atoms. The van der Waals surface area contributed by atoms with E-state index in [9.17, 15) is 14.9 Å². The molecule has 1 N–H and O–H groups in total. The summed E-state index contributed by atoms with van der Waals surface area (Å²) in [6, 6.07) is 23.0. The summed E-state index contributed by atoms with van der Waals surface area (Å²) in [4.78, 5) is 29.7. The second-order valence-corrected chi connectivity index (χ2v) is 9.02. The van der Waals surface area contributed by atoms with Gasteiger partial charge in [0.05, 0.1) is 21.9 Å². The van der Waals surface area contributed by atoms with Crippen LogP contribution in [0.3, 0.4) is 0 Å². The highest BCUT2D eigenvalue weighted by Gasteiger charge is 2.19. The van der Waals surface area contributed by atoms with Crippen molar-refractivity contribution in [1.82, 2.24) is 9.78 Å². The number of halogens is 1. The number of nitrogens with zero attached hydrogens (tertiary/aromatic N) is 3. The topological polar surface area (TPSA) is 93.3 Å². The minimum absolute atomic E-state index is 0.0391. The van der Waals surface area contributed by atoms with E-state index in [1.807, 2.05) is 61.5 Å². The van der Waals surface area contributed by atoms with Gasteiger partial charge in [-0.25, -0.2) is 4.68 Å². The zero-order valence-corrected chi connectivity index (χ0v) is 19.8. The number of nitro benzene ring substituents is 1. The fourth-order valence-corrected chi connectivity index (χ4v) is 4.35. The van der Waals surface area contributed by atoms with Crippen LogP contribution in [0.4, 0.5) is 5.69 Å². The highest BCUT2D eigenvalue weighted by Crippen LogP contribution is 2.23. The van der Waals surface area contributed by atoms with E-state index in [-0.39, 0.29) is 11.2 Å². The largest absolute Gasteiger partial charge is 0.290 e. The third kappa shape index (κ3) is 5.30. The van der Waals surface area contributed by atoms with Crippen LogP contribution in [-0.2, 0) is 0 Å². The van der Waals surface area contributed by atoms with Crippen molar-refractivity contribution in [1.29, 1.82) is 0 Å². The van der Waals surface area contributed by atoms with Gasteiger partial charge in [-0.15, -0.1) is 11.8 Å². The lowest BCUT2D eigenvalue weighted by atomic mass is 10.1. The van der Waals surface area contributed by atoms with Gasteiger partial charge in [0.15, 0.2) is 0 Å². The number of nitrogens with one attached hydrogen (secondary N) is 1. The molecule has 0 atom stereocenters. The number of aromatic amines is 1. The summed E-state index contributed by atoms with van der Waals surface area (Å²) in [7, 11) is 0. The van der Waals surface area contributed by atoms with Crippen LogP contribution in [-0.4, -0.2) is 32.7 Å². The number of rotatable bonds is 8. The molecule has 0 fully saturated rings. The average Bonchev–Trinajstić information content (AvgIpc) is 3.20. The Bertz CT molecular complexity index is 1380. The molecule has 4 aromatic rings. The zero-order chi connectivity index (χ0) is 24.1. The number of thioether (sulfide) groups is 1. The molecule has 0 saturated carbocycles. The molecule has 172 valence electrons. The molecule has 0 saturated heterocycles. The number of benzene rings is 3. The minimum Gasteiger partial charge on any atom is -0.290 e. The molecule has 0 amide bonds. The van der Waals surface area contributed by atoms with Gasteiger partial charge in [0.2, 0.25) is 0 Å². The summed E-state index contributed by atoms with van der Waals surface area (Å²) in [5.41, 5.74) is 2.79. The van der Waals surface area contributed by atoms with Crippen LogP contribution in [0.2, 0.25) is 5.02 Å². The third-order valence-corrected chi connectivity index (χ3v) is 6.40. The van der Waals surface area contributed by atoms with Crippen LogP contribution >= 0.6 is 23.4 Å². The monoisotopic (exact) mass is 492 g/mol. The van der Waals surface area contributed by atoms with Gasteiger partial charge in [0.25, 0.3) is 11.2 Å². The van der Waals surface area contributed by atoms with E-state index >= 15 is 0 Å². The molecule has 7 nitrogen and oxygen atoms in total. The van der Waals surface area contributed by atoms with Crippen molar-refractivity contribution in [3.8, 4) is 16.9 Å². The predicted octanol–water partition coefficient (Wildman–Crippen LogP) is 6.00. The van der Waals surface area contributed by atoms with Crippen molar-refractivity contribution in [2.45, 2.75) is 11.8 Å². The molecule has 0 radical (unpaired) electrons. The van der Waals surface area contributed by atoms with Crippen LogP contribution < -0.4 is 5.56 Å². The lowest BCUT2D eigenvalue weighted by Gasteiger charge is -2.04. The average molecular weight is 493 g/mol. The van der Waals surface area contributed by atoms with Crippen LogP contribution in [0.5, 0.6) is 0 Å². The zero-order valence-electron chi connectivity index (χ0n) is 18.3. The molecule has 34 heavy (non-hydrogen) atoms. The van der Waals surface area contributed by atoms with Gasteiger partial charge in [-0.05, 0) is 43.3 Å². The van der Waals surface area contributed by atoms with Crippen molar-refractivity contribution >= 4 is 34.8 Å². The fraction of sp³-hybridized carbons (Fsp3) is 0.120. The van der Waals surface area contributed by atoms with Gasteiger partial charge < -0.3 is 0 Å². The number of H-pyrrole nitrogens is 1. The first-order chi connectivity index (χ1) is 16.4. The van der Waals surface area contributed by atoms with Gasteiger partial charge in [-0.2, -0.15) is 0 Å². The second-order valence-electron chi connectivity index (χ2n) is 7.41. The van der Waals surface area contributed by atoms with Crippen LogP contribution in [0.25, 0.3) is 16.9 Å². The summed E-state index contributed by atoms with van der Waals surface area (Å²) in [6.45, 7) is 2.36. The predicted molar refractivity (Wildman–Crippen MR) is 138 cm³/mol. The Kier molecular flexibility index (Phi) is 7.30.